The molecule has 1 saturated carbocycles. The van der Waals surface area contributed by atoms with Gasteiger partial charge in [0.05, 0.1) is 12.1 Å². The Bertz CT molecular complexity index is 478. The van der Waals surface area contributed by atoms with Crippen LogP contribution in [0, 0.1) is 0 Å². The van der Waals surface area contributed by atoms with Crippen molar-refractivity contribution in [3.05, 3.63) is 35.4 Å². The normalized spacial score (nSPS) is 17.9. The fourth-order valence-corrected chi connectivity index (χ4v) is 2.79. The van der Waals surface area contributed by atoms with Crippen molar-refractivity contribution >= 4 is 5.78 Å². The Morgan fingerprint density at radius 3 is 2.37 bits per heavy atom. The Morgan fingerprint density at radius 1 is 1.26 bits per heavy atom. The Labute approximate surface area is 109 Å². The molecule has 0 aliphatic heterocycles. The number of carbonyl (C=O) groups is 1. The van der Waals surface area contributed by atoms with Gasteiger partial charge in [-0.05, 0) is 24.5 Å². The maximum absolute atomic E-state index is 13.0. The van der Waals surface area contributed by atoms with Crippen LogP contribution in [-0.4, -0.2) is 12.3 Å². The molecule has 0 amide bonds. The summed E-state index contributed by atoms with van der Waals surface area (Å²) in [6.45, 7) is -0.115. The average Bonchev–Trinajstić information content (AvgIpc) is 2.32. The first-order valence-electron chi connectivity index (χ1n) is 6.27. The Hall–Kier alpha value is -1.36. The highest BCUT2D eigenvalue weighted by Crippen LogP contribution is 2.50. The molecule has 0 spiro atoms. The molecule has 0 aromatic heterocycles. The van der Waals surface area contributed by atoms with Crippen molar-refractivity contribution in [2.75, 3.05) is 6.54 Å². The van der Waals surface area contributed by atoms with E-state index in [-0.39, 0.29) is 24.3 Å². The van der Waals surface area contributed by atoms with Gasteiger partial charge in [-0.3, -0.25) is 4.79 Å². The van der Waals surface area contributed by atoms with Crippen LogP contribution in [0.25, 0.3) is 0 Å². The van der Waals surface area contributed by atoms with Crippen molar-refractivity contribution in [3.63, 3.8) is 0 Å². The molecule has 1 aromatic carbocycles. The van der Waals surface area contributed by atoms with Gasteiger partial charge in [-0.15, -0.1) is 0 Å². The van der Waals surface area contributed by atoms with Crippen molar-refractivity contribution in [1.29, 1.82) is 0 Å². The predicted molar refractivity (Wildman–Crippen MR) is 65.7 cm³/mol. The van der Waals surface area contributed by atoms with E-state index in [1.54, 1.807) is 6.07 Å². The lowest BCUT2D eigenvalue weighted by Gasteiger charge is -2.43. The molecule has 2 N–H and O–H groups in total. The van der Waals surface area contributed by atoms with Gasteiger partial charge in [0.15, 0.2) is 0 Å². The van der Waals surface area contributed by atoms with Gasteiger partial charge in [0, 0.05) is 11.8 Å². The smallest absolute Gasteiger partial charge is 0.324 e. The van der Waals surface area contributed by atoms with E-state index in [1.807, 2.05) is 0 Å². The van der Waals surface area contributed by atoms with Crippen molar-refractivity contribution in [1.82, 2.24) is 0 Å². The van der Waals surface area contributed by atoms with E-state index in [4.69, 9.17) is 5.73 Å². The third-order valence-electron chi connectivity index (χ3n) is 3.88. The van der Waals surface area contributed by atoms with E-state index in [0.29, 0.717) is 12.8 Å². The first kappa shape index (κ1) is 14.1. The summed E-state index contributed by atoms with van der Waals surface area (Å²) in [6.07, 6.45) is -2.19. The number of nitrogens with two attached hydrogens (primary N) is 1. The van der Waals surface area contributed by atoms with Crippen LogP contribution in [0.2, 0.25) is 0 Å². The quantitative estimate of drug-likeness (QED) is 0.914. The lowest BCUT2D eigenvalue weighted by atomic mass is 9.61. The van der Waals surface area contributed by atoms with Crippen LogP contribution in [0.5, 0.6) is 0 Å². The van der Waals surface area contributed by atoms with E-state index < -0.39 is 17.2 Å². The van der Waals surface area contributed by atoms with Gasteiger partial charge in [0.2, 0.25) is 0 Å². The zero-order valence-electron chi connectivity index (χ0n) is 10.5. The lowest BCUT2D eigenvalue weighted by Crippen LogP contribution is -2.39. The molecule has 1 aliphatic rings. The lowest BCUT2D eigenvalue weighted by molar-refractivity contribution is -0.139. The van der Waals surface area contributed by atoms with Crippen LogP contribution in [0.3, 0.4) is 0 Å². The minimum absolute atomic E-state index is 0.108. The maximum atomic E-state index is 13.0. The summed E-state index contributed by atoms with van der Waals surface area (Å²) >= 11 is 0. The van der Waals surface area contributed by atoms with E-state index >= 15 is 0 Å². The molecule has 1 fully saturated rings. The van der Waals surface area contributed by atoms with Crippen LogP contribution in [0.15, 0.2) is 24.3 Å². The number of rotatable bonds is 4. The molecule has 104 valence electrons. The molecule has 1 aromatic rings. The molecule has 1 aliphatic carbocycles. The highest BCUT2D eigenvalue weighted by atomic mass is 19.4. The van der Waals surface area contributed by atoms with Crippen LogP contribution in [0.4, 0.5) is 13.2 Å². The summed E-state index contributed by atoms with van der Waals surface area (Å²) in [4.78, 5) is 11.5. The molecule has 0 unspecified atom stereocenters. The topological polar surface area (TPSA) is 43.1 Å². The maximum Gasteiger partial charge on any atom is 0.416 e. The Kier molecular flexibility index (Phi) is 3.67. The Morgan fingerprint density at radius 2 is 1.89 bits per heavy atom. The molecular weight excluding hydrogens is 255 g/mol. The summed E-state index contributed by atoms with van der Waals surface area (Å²) < 4.78 is 39.1. The highest BCUT2D eigenvalue weighted by molar-refractivity contribution is 5.82. The van der Waals surface area contributed by atoms with Crippen LogP contribution in [0.1, 0.15) is 36.8 Å². The standard InChI is InChI=1S/C14H16F3NO/c15-14(16,17)12-5-2-1-4-11(12)13(6-3-7-13)8-10(19)9-18/h1-2,4-5H,3,6-9,18H2. The van der Waals surface area contributed by atoms with Crippen molar-refractivity contribution in [3.8, 4) is 0 Å². The van der Waals surface area contributed by atoms with Crippen molar-refractivity contribution in [2.45, 2.75) is 37.3 Å². The number of Topliss-reactive ketones (excluding diaryl/α,β-unsaturated/α-hetero) is 1. The van der Waals surface area contributed by atoms with Gasteiger partial charge in [0.25, 0.3) is 0 Å². The number of alkyl halides is 3. The molecular formula is C14H16F3NO. The number of ketones is 1. The summed E-state index contributed by atoms with van der Waals surface area (Å²) in [5.74, 6) is -0.184. The van der Waals surface area contributed by atoms with Gasteiger partial charge in [-0.2, -0.15) is 13.2 Å². The molecule has 0 saturated heterocycles. The second-order valence-corrected chi connectivity index (χ2v) is 5.10. The predicted octanol–water partition coefficient (Wildman–Crippen LogP) is 3.05. The van der Waals surface area contributed by atoms with E-state index in [0.717, 1.165) is 12.5 Å². The summed E-state index contributed by atoms with van der Waals surface area (Å²) in [5, 5.41) is 0. The molecule has 0 atom stereocenters. The fourth-order valence-electron chi connectivity index (χ4n) is 2.79. The molecule has 0 heterocycles. The minimum atomic E-state index is -4.38. The van der Waals surface area contributed by atoms with E-state index in [2.05, 4.69) is 0 Å². The van der Waals surface area contributed by atoms with Gasteiger partial charge in [0.1, 0.15) is 5.78 Å². The van der Waals surface area contributed by atoms with Crippen LogP contribution in [-0.2, 0) is 16.4 Å². The summed E-state index contributed by atoms with van der Waals surface area (Å²) in [6, 6.07) is 5.55. The first-order valence-corrected chi connectivity index (χ1v) is 6.27. The van der Waals surface area contributed by atoms with Crippen LogP contribution >= 0.6 is 0 Å². The monoisotopic (exact) mass is 271 g/mol. The number of carbonyl (C=O) groups excluding carboxylic acids is 1. The number of benzene rings is 1. The molecule has 5 heteroatoms. The largest absolute Gasteiger partial charge is 0.416 e. The second kappa shape index (κ2) is 4.96. The molecule has 2 nitrogen and oxygen atoms in total. The zero-order valence-corrected chi connectivity index (χ0v) is 10.5. The highest BCUT2D eigenvalue weighted by Gasteiger charge is 2.45. The first-order chi connectivity index (χ1) is 8.89. The second-order valence-electron chi connectivity index (χ2n) is 5.10. The molecule has 0 bridgehead atoms. The minimum Gasteiger partial charge on any atom is -0.324 e. The van der Waals surface area contributed by atoms with Gasteiger partial charge in [-0.1, -0.05) is 24.6 Å². The summed E-state index contributed by atoms with van der Waals surface area (Å²) in [7, 11) is 0. The number of halogens is 3. The van der Waals surface area contributed by atoms with Crippen LogP contribution < -0.4 is 5.73 Å². The van der Waals surface area contributed by atoms with E-state index in [1.165, 1.54) is 12.1 Å². The summed E-state index contributed by atoms with van der Waals surface area (Å²) in [5.41, 5.74) is 4.24. The molecule has 2 rings (SSSR count). The number of hydrogen-bond donors (Lipinski definition) is 1. The SMILES string of the molecule is NCC(=O)CC1(c2ccccc2C(F)(F)F)CCC1. The van der Waals surface area contributed by atoms with Crippen molar-refractivity contribution in [2.24, 2.45) is 5.73 Å². The third-order valence-corrected chi connectivity index (χ3v) is 3.88. The Balaban J connectivity index is 2.42. The third kappa shape index (κ3) is 2.66. The van der Waals surface area contributed by atoms with Gasteiger partial charge < -0.3 is 5.73 Å². The average molecular weight is 271 g/mol. The zero-order chi connectivity index (χ0) is 14.1. The van der Waals surface area contributed by atoms with Crippen molar-refractivity contribution < 1.29 is 18.0 Å². The van der Waals surface area contributed by atoms with E-state index in [9.17, 15) is 18.0 Å². The number of hydrogen-bond acceptors (Lipinski definition) is 2. The molecule has 19 heavy (non-hydrogen) atoms. The van der Waals surface area contributed by atoms with Gasteiger partial charge >= 0.3 is 6.18 Å². The molecule has 0 radical (unpaired) electrons. The fraction of sp³-hybridized carbons (Fsp3) is 0.500. The van der Waals surface area contributed by atoms with Gasteiger partial charge in [-0.25, -0.2) is 0 Å².